The summed E-state index contributed by atoms with van der Waals surface area (Å²) in [5.74, 6) is -15.5. The standard InChI is InChI=1S/C87H103ClN10O25/c1-36(2)19-54(90-6)79(110)96-69-72(105)43-10-15-57(37(3)20-43)120-59-29-47-30-60(76(59)122-61-31-48(35-100)74(107)75(108)77(61)123-63-34-87(5,89)78(109)38(4)119-63)121-58-16-11-44(28-53(58)88)73(106)70-83(114)95-68(82(113)92-65-45-22-40-21-41(24-45)25-46(65)23-40)52-32-49(101)33-56(103)64(52)51-27-42(9-14-55(51)102)66(80(111)97-70)93-81(112)67(47)94-86(117)71(98-84(69)115)85(116)91-62(104)26-39-7-12-50(13-8-39)118-18-17-99/h7-16,20,27-30,32-33,36,38,40-41,45-46,48,54,61,63,65-75,77-78,90,99-103,105-109H,17-19,21-26,31,34-35,89H2,1-6H3,(H,92,113)(H,93,112)(H,94,117)(H,95,114)(H,96,110)(H,97,111)(H,98,115)(H,91,104,116)/t38-,40?,41?,45?,46?,48+,54+,61+,63-,65?,66+,67+,68-,69+,70-,71?,72+,73+,74+,75-,77-,78+,87-/m0/s1. The maximum Gasteiger partial charge on any atom is 0.258 e. The number of aliphatic hydroxyl groups is 7. The molecule has 123 heavy (non-hydrogen) atoms. The first-order chi connectivity index (χ1) is 58.5. The Morgan fingerprint density at radius 2 is 1.29 bits per heavy atom. The summed E-state index contributed by atoms with van der Waals surface area (Å²) in [5.41, 5.74) is 3.58. The largest absolute Gasteiger partial charge is 0.508 e. The van der Waals surface area contributed by atoms with Crippen LogP contribution in [-0.2, 0) is 59.0 Å². The number of aryl methyl sites for hydroxylation is 1. The highest BCUT2D eigenvalue weighted by Gasteiger charge is 2.53. The molecule has 658 valence electrons. The first kappa shape index (κ1) is 88.5. The van der Waals surface area contributed by atoms with E-state index in [4.69, 9.17) is 45.8 Å². The van der Waals surface area contributed by atoms with Crippen molar-refractivity contribution in [1.82, 2.24) is 47.9 Å². The predicted molar refractivity (Wildman–Crippen MR) is 436 cm³/mol. The SMILES string of the molecule is CN[C@H](CC(C)C)C(=O)N[C@H]1C(=O)NC(C(=O)NC(=O)Cc2ccc(OCCO)cc2)C(=O)N[C@H]2C(=O)N[C@H]3C(=O)N[C@H](C(=O)N[C@H](C(=O)NC4C5CC6CC(C5)CC4C6)c4cc(O)cc(O)c4-c4cc3ccc4O)[C@H](O)c3ccc(c(Cl)c3)Oc3cc2cc(c3O[C@@H]2C[C@H](CO)[C@@H](O)[C@H](O)[C@H]2O[C@H]2C[C@](C)(N)[C@H](O)[C@H](C)O2)Oc2ccc(cc2C)[C@H]1O. The van der Waals surface area contributed by atoms with Gasteiger partial charge in [0.15, 0.2) is 23.8 Å². The first-order valence-electron chi connectivity index (χ1n) is 41.1. The summed E-state index contributed by atoms with van der Waals surface area (Å²) < 4.78 is 38.9. The lowest BCUT2D eigenvalue weighted by atomic mass is 9.54. The van der Waals surface area contributed by atoms with E-state index in [1.54, 1.807) is 6.92 Å². The second-order valence-electron chi connectivity index (χ2n) is 34.2. The van der Waals surface area contributed by atoms with Crippen molar-refractivity contribution in [1.29, 1.82) is 0 Å². The molecule has 15 bridgehead atoms. The number of imide groups is 1. The van der Waals surface area contributed by atoms with Gasteiger partial charge in [-0.25, -0.2) is 0 Å². The second kappa shape index (κ2) is 36.6. The molecule has 5 aliphatic carbocycles. The quantitative estimate of drug-likeness (QED) is 0.0550. The number of amides is 9. The van der Waals surface area contributed by atoms with E-state index in [1.807, 2.05) is 13.8 Å². The van der Waals surface area contributed by atoms with E-state index in [1.165, 1.54) is 75.5 Å². The molecule has 35 nitrogen and oxygen atoms in total. The number of rotatable bonds is 18. The summed E-state index contributed by atoms with van der Waals surface area (Å²) in [6.45, 7) is 7.11. The number of aliphatic hydroxyl groups excluding tert-OH is 7. The van der Waals surface area contributed by atoms with Gasteiger partial charge in [-0.1, -0.05) is 55.8 Å². The summed E-state index contributed by atoms with van der Waals surface area (Å²) in [6, 6.07) is 5.97. The number of nitrogens with two attached hydrogens (primary N) is 1. The Balaban J connectivity index is 0.969. The van der Waals surface area contributed by atoms with E-state index in [0.717, 1.165) is 80.6 Å². The van der Waals surface area contributed by atoms with Crippen LogP contribution in [0.4, 0.5) is 0 Å². The van der Waals surface area contributed by atoms with E-state index in [0.29, 0.717) is 17.6 Å². The van der Waals surface area contributed by atoms with Crippen LogP contribution in [0.15, 0.2) is 103 Å². The number of hydrogen-bond donors (Lipinski definition) is 20. The highest BCUT2D eigenvalue weighted by molar-refractivity contribution is 6.32. The summed E-state index contributed by atoms with van der Waals surface area (Å²) in [6.07, 6.45) is -11.2. The van der Waals surface area contributed by atoms with Crippen molar-refractivity contribution in [3.63, 3.8) is 0 Å². The first-order valence-corrected chi connectivity index (χ1v) is 41.5. The molecule has 6 heterocycles. The Kier molecular flexibility index (Phi) is 26.3. The molecule has 9 amide bonds. The number of hydrogen-bond acceptors (Lipinski definition) is 27. The van der Waals surface area contributed by atoms with Crippen LogP contribution in [0.5, 0.6) is 51.7 Å². The number of benzene rings is 6. The Morgan fingerprint density at radius 1 is 0.659 bits per heavy atom. The zero-order valence-electron chi connectivity index (χ0n) is 68.1. The number of carbonyl (C=O) groups excluding carboxylic acids is 9. The van der Waals surface area contributed by atoms with Crippen molar-refractivity contribution in [3.05, 3.63) is 147 Å². The van der Waals surface area contributed by atoms with Crippen molar-refractivity contribution in [2.24, 2.45) is 41.2 Å². The Morgan fingerprint density at radius 3 is 1.93 bits per heavy atom. The minimum absolute atomic E-state index is 0.0579. The number of halogens is 1. The maximum absolute atomic E-state index is 16.7. The van der Waals surface area contributed by atoms with Crippen LogP contribution in [0.1, 0.15) is 148 Å². The number of fused-ring (bicyclic) bond motifs is 15. The number of carbonyl (C=O) groups is 9. The minimum Gasteiger partial charge on any atom is -0.508 e. The molecule has 0 radical (unpaired) electrons. The van der Waals surface area contributed by atoms with Gasteiger partial charge in [-0.3, -0.25) is 48.5 Å². The van der Waals surface area contributed by atoms with E-state index in [-0.39, 0.29) is 117 Å². The van der Waals surface area contributed by atoms with Crippen LogP contribution < -0.4 is 72.5 Å². The molecular formula is C87H103ClN10O25. The van der Waals surface area contributed by atoms with E-state index >= 15 is 33.6 Å². The molecule has 17 rings (SSSR count). The van der Waals surface area contributed by atoms with Gasteiger partial charge in [0.05, 0.1) is 42.4 Å². The van der Waals surface area contributed by atoms with Crippen molar-refractivity contribution < 1.29 is 123 Å². The molecule has 18 atom stereocenters. The summed E-state index contributed by atoms with van der Waals surface area (Å²) in [4.78, 5) is 140. The number of ether oxygens (including phenoxy) is 6. The third-order valence-electron chi connectivity index (χ3n) is 24.8. The van der Waals surface area contributed by atoms with Gasteiger partial charge in [0.2, 0.25) is 47.1 Å². The smallest absolute Gasteiger partial charge is 0.258 e. The molecular weight excluding hydrogens is 1620 g/mol. The van der Waals surface area contributed by atoms with Crippen molar-refractivity contribution in [2.45, 2.75) is 201 Å². The zero-order chi connectivity index (χ0) is 88.1. The molecule has 11 aliphatic rings. The summed E-state index contributed by atoms with van der Waals surface area (Å²) in [5, 5.41) is 140. The van der Waals surface area contributed by atoms with Gasteiger partial charge in [-0.05, 0) is 208 Å². The number of phenols is 3. The molecule has 36 heteroatoms. The molecule has 6 aromatic rings. The third-order valence-corrected chi connectivity index (χ3v) is 25.1. The van der Waals surface area contributed by atoms with Crippen LogP contribution in [0.2, 0.25) is 5.02 Å². The van der Waals surface area contributed by atoms with Gasteiger partial charge in [0.25, 0.3) is 11.8 Å². The van der Waals surface area contributed by atoms with Crippen LogP contribution in [-0.4, -0.2) is 210 Å². The molecule has 5 saturated carbocycles. The van der Waals surface area contributed by atoms with E-state index < -0.39 is 215 Å². The molecule has 6 fully saturated rings. The van der Waals surface area contributed by atoms with Gasteiger partial charge in [-0.15, -0.1) is 0 Å². The Hall–Kier alpha value is -10.8. The molecule has 21 N–H and O–H groups in total. The topological polar surface area (TPSA) is 546 Å². The fourth-order valence-corrected chi connectivity index (χ4v) is 18.9. The minimum atomic E-state index is -2.70. The Labute approximate surface area is 711 Å². The van der Waals surface area contributed by atoms with Crippen LogP contribution in [0, 0.1) is 42.4 Å². The summed E-state index contributed by atoms with van der Waals surface area (Å²) >= 11 is 7.31. The van der Waals surface area contributed by atoms with Crippen LogP contribution in [0.25, 0.3) is 11.1 Å². The molecule has 1 saturated heterocycles. The highest BCUT2D eigenvalue weighted by atomic mass is 35.5. The summed E-state index contributed by atoms with van der Waals surface area (Å²) in [7, 11) is 1.48. The third kappa shape index (κ3) is 18.9. The van der Waals surface area contributed by atoms with Crippen LogP contribution >= 0.6 is 11.6 Å². The molecule has 0 aromatic heterocycles. The number of likely N-dealkylation sites (N-methyl/N-ethyl adjacent to an activating group) is 1. The van der Waals surface area contributed by atoms with Gasteiger partial charge in [0, 0.05) is 47.7 Å². The number of aromatic hydroxyl groups is 3. The van der Waals surface area contributed by atoms with E-state index in [9.17, 15) is 60.7 Å². The molecule has 6 aliphatic heterocycles. The molecule has 0 spiro atoms. The number of phenolic OH excluding ortho intramolecular Hbond substituents is 3. The van der Waals surface area contributed by atoms with Crippen molar-refractivity contribution >= 4 is 64.8 Å². The van der Waals surface area contributed by atoms with Crippen molar-refractivity contribution in [2.75, 3.05) is 26.9 Å². The average Bonchev–Trinajstić information content (AvgIpc) is 0.756. The monoisotopic (exact) mass is 1720 g/mol. The lowest BCUT2D eigenvalue weighted by Crippen LogP contribution is -2.63. The normalized spacial score (nSPS) is 30.6. The van der Waals surface area contributed by atoms with Gasteiger partial charge < -0.3 is 128 Å². The van der Waals surface area contributed by atoms with Crippen molar-refractivity contribution in [3.8, 4) is 62.9 Å². The number of nitrogens with one attached hydrogen (secondary N) is 9. The second-order valence-corrected chi connectivity index (χ2v) is 34.6. The van der Waals surface area contributed by atoms with Crippen LogP contribution in [0.3, 0.4) is 0 Å². The average molecular weight is 1720 g/mol. The van der Waals surface area contributed by atoms with E-state index in [2.05, 4.69) is 47.9 Å². The van der Waals surface area contributed by atoms with Gasteiger partial charge in [0.1, 0.15) is 102 Å². The zero-order valence-corrected chi connectivity index (χ0v) is 68.9. The lowest BCUT2D eigenvalue weighted by molar-refractivity contribution is -0.286. The lowest BCUT2D eigenvalue weighted by Gasteiger charge is -2.54. The maximum atomic E-state index is 16.7. The molecule has 6 aromatic carbocycles. The molecule has 1 unspecified atom stereocenters. The van der Waals surface area contributed by atoms with Gasteiger partial charge in [-0.2, -0.15) is 0 Å². The van der Waals surface area contributed by atoms with Gasteiger partial charge >= 0.3 is 0 Å². The Bertz CT molecular complexity index is 5030. The highest BCUT2D eigenvalue weighted by Crippen LogP contribution is 2.55. The predicted octanol–water partition coefficient (Wildman–Crippen LogP) is 2.66. The fraction of sp³-hybridized carbons (Fsp3) is 0.483. The fourth-order valence-electron chi connectivity index (χ4n) is 18.7.